The van der Waals surface area contributed by atoms with Crippen molar-refractivity contribution in [3.05, 3.63) is 114 Å². The third-order valence-corrected chi connectivity index (χ3v) is 7.71. The number of likely N-dealkylation sites (tertiary alicyclic amines) is 1. The molecule has 2 heterocycles. The van der Waals surface area contributed by atoms with Crippen LogP contribution in [0, 0.1) is 0 Å². The highest BCUT2D eigenvalue weighted by molar-refractivity contribution is 6.21. The zero-order valence-electron chi connectivity index (χ0n) is 21.3. The van der Waals surface area contributed by atoms with Crippen LogP contribution in [0.2, 0.25) is 0 Å². The van der Waals surface area contributed by atoms with Crippen molar-refractivity contribution in [2.45, 2.75) is 38.5 Å². The normalized spacial score (nSPS) is 16.3. The lowest BCUT2D eigenvalue weighted by molar-refractivity contribution is 0.104. The maximum absolute atomic E-state index is 14.0. The molecule has 5 aromatic rings. The van der Waals surface area contributed by atoms with E-state index >= 15 is 0 Å². The van der Waals surface area contributed by atoms with Gasteiger partial charge in [0.2, 0.25) is 0 Å². The Kier molecular flexibility index (Phi) is 6.50. The molecular weight excluding hydrogens is 456 g/mol. The van der Waals surface area contributed by atoms with E-state index in [1.807, 2.05) is 60.7 Å². The molecule has 1 aromatic heterocycles. The summed E-state index contributed by atoms with van der Waals surface area (Å²) in [6, 6.07) is 30.9. The van der Waals surface area contributed by atoms with Crippen molar-refractivity contribution in [3.63, 3.8) is 0 Å². The van der Waals surface area contributed by atoms with Gasteiger partial charge in [0.05, 0.1) is 0 Å². The van der Waals surface area contributed by atoms with Gasteiger partial charge in [-0.2, -0.15) is 0 Å². The Morgan fingerprint density at radius 2 is 1.70 bits per heavy atom. The Morgan fingerprint density at radius 3 is 2.57 bits per heavy atom. The Bertz CT molecular complexity index is 1550. The molecule has 0 bridgehead atoms. The number of benzene rings is 4. The van der Waals surface area contributed by atoms with Crippen molar-refractivity contribution < 1.29 is 9.53 Å². The molecule has 1 atom stereocenters. The van der Waals surface area contributed by atoms with Crippen LogP contribution in [0.1, 0.15) is 40.7 Å². The summed E-state index contributed by atoms with van der Waals surface area (Å²) in [6.07, 6.45) is 5.81. The molecule has 1 aliphatic heterocycles. The number of carbonyl (C=O) groups is 1. The predicted octanol–water partition coefficient (Wildman–Crippen LogP) is 7.09. The first-order valence-corrected chi connectivity index (χ1v) is 13.2. The van der Waals surface area contributed by atoms with Crippen LogP contribution in [0.3, 0.4) is 0 Å². The molecule has 0 N–H and O–H groups in total. The molecule has 1 saturated heterocycles. The molecule has 4 aromatic carbocycles. The second kappa shape index (κ2) is 10.2. The summed E-state index contributed by atoms with van der Waals surface area (Å²) in [5.41, 5.74) is 3.75. The van der Waals surface area contributed by atoms with Crippen LogP contribution >= 0.6 is 0 Å². The SMILES string of the molecule is CN1CCCCC1Cn1cc(C(=O)c2cccc3cc(OCc4ccccc4)ccc23)c2ccccc21. The van der Waals surface area contributed by atoms with E-state index in [9.17, 15) is 4.79 Å². The quantitative estimate of drug-likeness (QED) is 0.229. The van der Waals surface area contributed by atoms with Gasteiger partial charge in [-0.1, -0.05) is 73.2 Å². The number of carbonyl (C=O) groups excluding carboxylic acids is 1. The van der Waals surface area contributed by atoms with E-state index in [-0.39, 0.29) is 5.78 Å². The van der Waals surface area contributed by atoms with Crippen LogP contribution in [-0.2, 0) is 13.2 Å². The monoisotopic (exact) mass is 488 g/mol. The standard InChI is InChI=1S/C33H32N2O2/c1-34-19-8-7-13-26(34)21-35-22-31(29-14-5-6-16-32(29)35)33(36)30-15-9-12-25-20-27(17-18-28(25)30)37-23-24-10-3-2-4-11-24/h2-6,9-12,14-18,20,22,26H,7-8,13,19,21,23H2,1H3. The van der Waals surface area contributed by atoms with E-state index in [0.29, 0.717) is 12.6 Å². The number of piperidine rings is 1. The minimum Gasteiger partial charge on any atom is -0.489 e. The van der Waals surface area contributed by atoms with Crippen molar-refractivity contribution in [2.75, 3.05) is 13.6 Å². The van der Waals surface area contributed by atoms with Gasteiger partial charge >= 0.3 is 0 Å². The lowest BCUT2D eigenvalue weighted by atomic mass is 9.97. The summed E-state index contributed by atoms with van der Waals surface area (Å²) in [6.45, 7) is 2.56. The first-order chi connectivity index (χ1) is 18.2. The highest BCUT2D eigenvalue weighted by atomic mass is 16.5. The molecule has 186 valence electrons. The fourth-order valence-electron chi connectivity index (χ4n) is 5.62. The highest BCUT2D eigenvalue weighted by Crippen LogP contribution is 2.30. The summed E-state index contributed by atoms with van der Waals surface area (Å²) >= 11 is 0. The van der Waals surface area contributed by atoms with Crippen molar-refractivity contribution in [2.24, 2.45) is 0 Å². The van der Waals surface area contributed by atoms with Crippen LogP contribution in [0.4, 0.5) is 0 Å². The van der Waals surface area contributed by atoms with Crippen molar-refractivity contribution >= 4 is 27.5 Å². The van der Waals surface area contributed by atoms with Crippen LogP contribution in [0.5, 0.6) is 5.75 Å². The van der Waals surface area contributed by atoms with Crippen molar-refractivity contribution in [1.29, 1.82) is 0 Å². The van der Waals surface area contributed by atoms with E-state index in [0.717, 1.165) is 57.2 Å². The topological polar surface area (TPSA) is 34.5 Å². The molecule has 0 amide bonds. The molecule has 1 unspecified atom stereocenters. The lowest BCUT2D eigenvalue weighted by Crippen LogP contribution is -2.39. The highest BCUT2D eigenvalue weighted by Gasteiger charge is 2.23. The lowest BCUT2D eigenvalue weighted by Gasteiger charge is -2.32. The molecule has 0 radical (unpaired) electrons. The smallest absolute Gasteiger partial charge is 0.195 e. The van der Waals surface area contributed by atoms with Gasteiger partial charge in [-0.15, -0.1) is 0 Å². The van der Waals surface area contributed by atoms with Gasteiger partial charge in [-0.05, 0) is 67.0 Å². The molecule has 37 heavy (non-hydrogen) atoms. The van der Waals surface area contributed by atoms with Gasteiger partial charge in [0, 0.05) is 40.8 Å². The Balaban J connectivity index is 1.31. The molecule has 1 aliphatic rings. The zero-order chi connectivity index (χ0) is 25.2. The summed E-state index contributed by atoms with van der Waals surface area (Å²) in [5.74, 6) is 0.865. The summed E-state index contributed by atoms with van der Waals surface area (Å²) < 4.78 is 8.32. The second-order valence-corrected chi connectivity index (χ2v) is 10.1. The van der Waals surface area contributed by atoms with Gasteiger partial charge in [0.1, 0.15) is 12.4 Å². The van der Waals surface area contributed by atoms with Crippen LogP contribution in [0.25, 0.3) is 21.7 Å². The maximum Gasteiger partial charge on any atom is 0.195 e. The summed E-state index contributed by atoms with van der Waals surface area (Å²) in [7, 11) is 2.22. The number of fused-ring (bicyclic) bond motifs is 2. The van der Waals surface area contributed by atoms with E-state index in [1.54, 1.807) is 0 Å². The third-order valence-electron chi connectivity index (χ3n) is 7.71. The zero-order valence-corrected chi connectivity index (χ0v) is 21.3. The number of aromatic nitrogens is 1. The van der Waals surface area contributed by atoms with E-state index in [2.05, 4.69) is 53.0 Å². The van der Waals surface area contributed by atoms with E-state index in [4.69, 9.17) is 4.74 Å². The minimum absolute atomic E-state index is 0.0653. The number of likely N-dealkylation sites (N-methyl/N-ethyl adjacent to an activating group) is 1. The Labute approximate surface area is 218 Å². The molecule has 4 heteroatoms. The average Bonchev–Trinajstić information content (AvgIpc) is 3.31. The number of ketones is 1. The third kappa shape index (κ3) is 4.77. The van der Waals surface area contributed by atoms with Gasteiger partial charge < -0.3 is 14.2 Å². The van der Waals surface area contributed by atoms with Crippen molar-refractivity contribution in [1.82, 2.24) is 9.47 Å². The van der Waals surface area contributed by atoms with E-state index in [1.165, 1.54) is 19.3 Å². The molecule has 0 aliphatic carbocycles. The van der Waals surface area contributed by atoms with Gasteiger partial charge in [-0.25, -0.2) is 0 Å². The van der Waals surface area contributed by atoms with Gasteiger partial charge in [0.15, 0.2) is 5.78 Å². The predicted molar refractivity (Wildman–Crippen MR) is 150 cm³/mol. The number of hydrogen-bond acceptors (Lipinski definition) is 3. The van der Waals surface area contributed by atoms with Gasteiger partial charge in [0.25, 0.3) is 0 Å². The van der Waals surface area contributed by atoms with Crippen LogP contribution < -0.4 is 4.74 Å². The minimum atomic E-state index is 0.0653. The molecule has 0 saturated carbocycles. The van der Waals surface area contributed by atoms with Gasteiger partial charge in [-0.3, -0.25) is 4.79 Å². The number of ether oxygens (including phenoxy) is 1. The van der Waals surface area contributed by atoms with Crippen molar-refractivity contribution in [3.8, 4) is 5.75 Å². The van der Waals surface area contributed by atoms with Crippen LogP contribution in [0.15, 0.2) is 97.2 Å². The largest absolute Gasteiger partial charge is 0.489 e. The fourth-order valence-corrected chi connectivity index (χ4v) is 5.62. The fraction of sp³-hybridized carbons (Fsp3) is 0.242. The molecule has 1 fully saturated rings. The average molecular weight is 489 g/mol. The maximum atomic E-state index is 14.0. The molecular formula is C33H32N2O2. The second-order valence-electron chi connectivity index (χ2n) is 10.1. The summed E-state index contributed by atoms with van der Waals surface area (Å²) in [5, 5.41) is 2.97. The summed E-state index contributed by atoms with van der Waals surface area (Å²) in [4.78, 5) is 16.4. The number of nitrogens with zero attached hydrogens (tertiary/aromatic N) is 2. The number of para-hydroxylation sites is 1. The first kappa shape index (κ1) is 23.5. The molecule has 0 spiro atoms. The Morgan fingerprint density at radius 1 is 0.865 bits per heavy atom. The molecule has 6 rings (SSSR count). The first-order valence-electron chi connectivity index (χ1n) is 13.2. The molecule has 4 nitrogen and oxygen atoms in total. The number of rotatable bonds is 7. The van der Waals surface area contributed by atoms with Crippen LogP contribution in [-0.4, -0.2) is 34.9 Å². The van der Waals surface area contributed by atoms with E-state index < -0.39 is 0 Å². The Hall–Kier alpha value is -3.89. The number of hydrogen-bond donors (Lipinski definition) is 0.